The van der Waals surface area contributed by atoms with Crippen LogP contribution >= 0.6 is 0 Å². The molecular weight excluding hydrogens is 412 g/mol. The first-order valence-corrected chi connectivity index (χ1v) is 10.8. The Labute approximate surface area is 173 Å². The van der Waals surface area contributed by atoms with Crippen LogP contribution in [0.4, 0.5) is 5.69 Å². The van der Waals surface area contributed by atoms with Crippen LogP contribution in [0.3, 0.4) is 0 Å². The van der Waals surface area contributed by atoms with Gasteiger partial charge in [0.05, 0.1) is 4.90 Å². The molecule has 1 heterocycles. The molecule has 1 amide bonds. The summed E-state index contributed by atoms with van der Waals surface area (Å²) < 4.78 is 31.6. The zero-order chi connectivity index (χ0) is 21.7. The normalized spacial score (nSPS) is 14.8. The van der Waals surface area contributed by atoms with Gasteiger partial charge in [-0.3, -0.25) is 4.79 Å². The number of nitrogens with one attached hydrogen (secondary N) is 1. The van der Waals surface area contributed by atoms with Gasteiger partial charge in [-0.1, -0.05) is 6.42 Å². The fraction of sp³-hybridized carbons (Fsp3) is 0.300. The molecule has 3 N–H and O–H groups in total. The van der Waals surface area contributed by atoms with Crippen LogP contribution in [0, 0.1) is 0 Å². The Balaban J connectivity index is 1.56. The number of sulfonamides is 1. The van der Waals surface area contributed by atoms with E-state index < -0.39 is 34.3 Å². The standard InChI is InChI=1S/C20H22N2O7S/c23-15-6-9-17(18(24)12-15)20(26)29-13-19(25)21-14-4-7-16(8-5-14)30(27,28)22-10-2-1-3-11-22/h4-9,12,23-24H,1-3,10-11,13H2,(H,21,25). The van der Waals surface area contributed by atoms with Gasteiger partial charge in [-0.25, -0.2) is 13.2 Å². The average Bonchev–Trinajstić information content (AvgIpc) is 2.73. The number of amides is 1. The maximum atomic E-state index is 12.6. The van der Waals surface area contributed by atoms with Crippen LogP contribution in [0.1, 0.15) is 29.6 Å². The lowest BCUT2D eigenvalue weighted by Crippen LogP contribution is -2.35. The van der Waals surface area contributed by atoms with E-state index in [0.29, 0.717) is 18.8 Å². The van der Waals surface area contributed by atoms with Crippen molar-refractivity contribution in [2.75, 3.05) is 25.0 Å². The minimum atomic E-state index is -3.56. The predicted molar refractivity (Wildman–Crippen MR) is 108 cm³/mol. The quantitative estimate of drug-likeness (QED) is 0.593. The number of phenolic OH excluding ortho intramolecular Hbond substituents is 2. The second-order valence-electron chi connectivity index (χ2n) is 6.81. The second kappa shape index (κ2) is 9.14. The third-order valence-electron chi connectivity index (χ3n) is 4.63. The molecule has 1 fully saturated rings. The molecule has 0 atom stereocenters. The minimum absolute atomic E-state index is 0.150. The number of nitrogens with zero attached hydrogens (tertiary/aromatic N) is 1. The van der Waals surface area contributed by atoms with Crippen LogP contribution in [0.25, 0.3) is 0 Å². The van der Waals surface area contributed by atoms with Gasteiger partial charge in [-0.05, 0) is 49.2 Å². The lowest BCUT2D eigenvalue weighted by molar-refractivity contribution is -0.119. The van der Waals surface area contributed by atoms with Gasteiger partial charge in [0.1, 0.15) is 17.1 Å². The third-order valence-corrected chi connectivity index (χ3v) is 6.54. The maximum absolute atomic E-state index is 12.6. The molecule has 160 valence electrons. The summed E-state index contributed by atoms with van der Waals surface area (Å²) in [5, 5.41) is 21.4. The zero-order valence-electron chi connectivity index (χ0n) is 16.1. The van der Waals surface area contributed by atoms with E-state index in [9.17, 15) is 28.2 Å². The highest BCUT2D eigenvalue weighted by Crippen LogP contribution is 2.24. The summed E-state index contributed by atoms with van der Waals surface area (Å²) in [6.45, 7) is 0.401. The zero-order valence-corrected chi connectivity index (χ0v) is 16.9. The van der Waals surface area contributed by atoms with E-state index in [1.165, 1.54) is 40.7 Å². The third kappa shape index (κ3) is 5.08. The molecule has 2 aromatic rings. The Hall–Kier alpha value is -3.11. The molecule has 0 unspecified atom stereocenters. The van der Waals surface area contributed by atoms with Crippen LogP contribution in [-0.2, 0) is 19.6 Å². The van der Waals surface area contributed by atoms with E-state index in [-0.39, 0.29) is 16.2 Å². The number of benzene rings is 2. The maximum Gasteiger partial charge on any atom is 0.342 e. The molecule has 9 nitrogen and oxygen atoms in total. The van der Waals surface area contributed by atoms with E-state index in [2.05, 4.69) is 5.32 Å². The molecule has 2 aromatic carbocycles. The number of phenols is 2. The van der Waals surface area contributed by atoms with Crippen molar-refractivity contribution >= 4 is 27.6 Å². The Bertz CT molecular complexity index is 1030. The summed E-state index contributed by atoms with van der Waals surface area (Å²) in [6, 6.07) is 9.11. The molecule has 0 aliphatic carbocycles. The first kappa shape index (κ1) is 21.6. The Morgan fingerprint density at radius 3 is 2.30 bits per heavy atom. The fourth-order valence-corrected chi connectivity index (χ4v) is 4.58. The number of carbonyl (C=O) groups is 2. The monoisotopic (exact) mass is 434 g/mol. The van der Waals surface area contributed by atoms with Crippen molar-refractivity contribution in [3.05, 3.63) is 48.0 Å². The van der Waals surface area contributed by atoms with Crippen LogP contribution in [-0.4, -0.2) is 54.5 Å². The number of esters is 1. The number of piperidine rings is 1. The number of anilines is 1. The highest BCUT2D eigenvalue weighted by atomic mass is 32.2. The van der Waals surface area contributed by atoms with E-state index in [0.717, 1.165) is 25.3 Å². The lowest BCUT2D eigenvalue weighted by atomic mass is 10.2. The predicted octanol–water partition coefficient (Wildman–Crippen LogP) is 2.07. The van der Waals surface area contributed by atoms with Crippen molar-refractivity contribution in [2.45, 2.75) is 24.2 Å². The van der Waals surface area contributed by atoms with Gasteiger partial charge >= 0.3 is 5.97 Å². The van der Waals surface area contributed by atoms with Gasteiger partial charge in [0.15, 0.2) is 6.61 Å². The molecule has 1 aliphatic heterocycles. The molecule has 0 bridgehead atoms. The summed E-state index contributed by atoms with van der Waals surface area (Å²) >= 11 is 0. The largest absolute Gasteiger partial charge is 0.508 e. The van der Waals surface area contributed by atoms with Gasteiger partial charge in [0, 0.05) is 24.8 Å². The van der Waals surface area contributed by atoms with E-state index in [1.54, 1.807) is 0 Å². The van der Waals surface area contributed by atoms with E-state index in [1.807, 2.05) is 0 Å². The summed E-state index contributed by atoms with van der Waals surface area (Å²) in [4.78, 5) is 24.1. The summed E-state index contributed by atoms with van der Waals surface area (Å²) in [6.07, 6.45) is 2.70. The van der Waals surface area contributed by atoms with Crippen molar-refractivity contribution in [1.29, 1.82) is 0 Å². The number of rotatable bonds is 6. The number of carbonyl (C=O) groups excluding carboxylic acids is 2. The van der Waals surface area contributed by atoms with Gasteiger partial charge in [0.2, 0.25) is 10.0 Å². The van der Waals surface area contributed by atoms with Crippen molar-refractivity contribution in [3.8, 4) is 11.5 Å². The lowest BCUT2D eigenvalue weighted by Gasteiger charge is -2.25. The SMILES string of the molecule is O=C(COC(=O)c1ccc(O)cc1O)Nc1ccc(S(=O)(=O)N2CCCCC2)cc1. The number of hydrogen-bond acceptors (Lipinski definition) is 7. The van der Waals surface area contributed by atoms with Crippen molar-refractivity contribution < 1.29 is 33.0 Å². The molecule has 0 spiro atoms. The first-order valence-electron chi connectivity index (χ1n) is 9.36. The highest BCUT2D eigenvalue weighted by Gasteiger charge is 2.25. The summed E-state index contributed by atoms with van der Waals surface area (Å²) in [5.41, 5.74) is 0.161. The van der Waals surface area contributed by atoms with Gasteiger partial charge in [-0.15, -0.1) is 0 Å². The van der Waals surface area contributed by atoms with Gasteiger partial charge in [0.25, 0.3) is 5.91 Å². The van der Waals surface area contributed by atoms with Gasteiger partial charge < -0.3 is 20.3 Å². The van der Waals surface area contributed by atoms with Gasteiger partial charge in [-0.2, -0.15) is 4.31 Å². The molecule has 10 heteroatoms. The Morgan fingerprint density at radius 1 is 1.00 bits per heavy atom. The number of hydrogen-bond donors (Lipinski definition) is 3. The minimum Gasteiger partial charge on any atom is -0.508 e. The number of ether oxygens (including phenoxy) is 1. The van der Waals surface area contributed by atoms with Crippen LogP contribution in [0.15, 0.2) is 47.4 Å². The van der Waals surface area contributed by atoms with Crippen LogP contribution < -0.4 is 5.32 Å². The molecule has 30 heavy (non-hydrogen) atoms. The molecule has 3 rings (SSSR count). The van der Waals surface area contributed by atoms with Crippen molar-refractivity contribution in [1.82, 2.24) is 4.31 Å². The second-order valence-corrected chi connectivity index (χ2v) is 8.75. The molecule has 0 aromatic heterocycles. The van der Waals surface area contributed by atoms with Crippen LogP contribution in [0.5, 0.6) is 11.5 Å². The summed E-state index contributed by atoms with van der Waals surface area (Å²) in [5.74, 6) is -2.24. The van der Waals surface area contributed by atoms with Crippen molar-refractivity contribution in [2.24, 2.45) is 0 Å². The van der Waals surface area contributed by atoms with Crippen molar-refractivity contribution in [3.63, 3.8) is 0 Å². The molecule has 1 saturated heterocycles. The number of aromatic hydroxyl groups is 2. The topological polar surface area (TPSA) is 133 Å². The van der Waals surface area contributed by atoms with Crippen LogP contribution in [0.2, 0.25) is 0 Å². The van der Waals surface area contributed by atoms with E-state index >= 15 is 0 Å². The van der Waals surface area contributed by atoms with E-state index in [4.69, 9.17) is 4.74 Å². The average molecular weight is 434 g/mol. The Kier molecular flexibility index (Phi) is 6.58. The highest BCUT2D eigenvalue weighted by molar-refractivity contribution is 7.89. The molecular formula is C20H22N2O7S. The molecule has 0 saturated carbocycles. The molecule has 0 radical (unpaired) electrons. The smallest absolute Gasteiger partial charge is 0.342 e. The Morgan fingerprint density at radius 2 is 1.67 bits per heavy atom. The molecule has 1 aliphatic rings. The first-order chi connectivity index (χ1) is 14.3. The fourth-order valence-electron chi connectivity index (χ4n) is 3.06. The summed E-state index contributed by atoms with van der Waals surface area (Å²) in [7, 11) is -3.56.